The average Bonchev–Trinajstić information content (AvgIpc) is 3.26. The van der Waals surface area contributed by atoms with E-state index < -0.39 is 0 Å². The predicted octanol–water partition coefficient (Wildman–Crippen LogP) is 3.03. The van der Waals surface area contributed by atoms with Gasteiger partial charge < -0.3 is 9.42 Å². The van der Waals surface area contributed by atoms with Crippen LogP contribution in [0.3, 0.4) is 0 Å². The molecule has 0 N–H and O–H groups in total. The summed E-state index contributed by atoms with van der Waals surface area (Å²) in [5, 5.41) is 4.31. The second-order valence-corrected chi connectivity index (χ2v) is 8.78. The molecule has 2 aliphatic heterocycles. The maximum Gasteiger partial charge on any atom is 0.253 e. The van der Waals surface area contributed by atoms with Crippen LogP contribution < -0.4 is 0 Å². The minimum atomic E-state index is 0.114. The zero-order valence-electron chi connectivity index (χ0n) is 16.4. The van der Waals surface area contributed by atoms with Gasteiger partial charge in [-0.05, 0) is 56.7 Å². The fourth-order valence-electron chi connectivity index (χ4n) is 4.99. The molecule has 1 saturated carbocycles. The Labute approximate surface area is 165 Å². The van der Waals surface area contributed by atoms with Crippen molar-refractivity contribution in [3.63, 3.8) is 0 Å². The molecule has 148 valence electrons. The number of hydrogen-bond donors (Lipinski definition) is 0. The Balaban J connectivity index is 1.24. The molecule has 4 heterocycles. The lowest BCUT2D eigenvalue weighted by atomic mass is 9.76. The topological polar surface area (TPSA) is 75.4 Å². The molecule has 2 saturated heterocycles. The van der Waals surface area contributed by atoms with Gasteiger partial charge in [0.2, 0.25) is 5.89 Å². The normalized spacial score (nSPS) is 25.2. The SMILES string of the molecule is CN1CC2(CCN(C(=O)c3ccncc3)CC2)CC1c1noc(C2CCC2)n1. The number of piperidine rings is 1. The van der Waals surface area contributed by atoms with Gasteiger partial charge in [0.05, 0.1) is 6.04 Å². The lowest BCUT2D eigenvalue weighted by Gasteiger charge is -2.39. The van der Waals surface area contributed by atoms with E-state index in [0.29, 0.717) is 5.92 Å². The Hall–Kier alpha value is -2.28. The van der Waals surface area contributed by atoms with Crippen LogP contribution in [0.15, 0.2) is 29.0 Å². The highest BCUT2D eigenvalue weighted by atomic mass is 16.5. The number of nitrogens with zero attached hydrogens (tertiary/aromatic N) is 5. The number of aromatic nitrogens is 3. The van der Waals surface area contributed by atoms with Crippen molar-refractivity contribution in [3.8, 4) is 0 Å². The van der Waals surface area contributed by atoms with Crippen LogP contribution >= 0.6 is 0 Å². The molecule has 28 heavy (non-hydrogen) atoms. The molecule has 1 spiro atoms. The Morgan fingerprint density at radius 3 is 2.64 bits per heavy atom. The van der Waals surface area contributed by atoms with E-state index in [0.717, 1.165) is 56.2 Å². The van der Waals surface area contributed by atoms with Crippen LogP contribution in [0.5, 0.6) is 0 Å². The Kier molecular flexibility index (Phi) is 4.42. The number of carbonyl (C=O) groups excluding carboxylic acids is 1. The van der Waals surface area contributed by atoms with Crippen molar-refractivity contribution in [1.29, 1.82) is 0 Å². The second kappa shape index (κ2) is 6.95. The monoisotopic (exact) mass is 381 g/mol. The third-order valence-electron chi connectivity index (χ3n) is 6.99. The van der Waals surface area contributed by atoms with Crippen LogP contribution in [-0.4, -0.2) is 57.5 Å². The number of likely N-dealkylation sites (tertiary alicyclic amines) is 2. The zero-order valence-corrected chi connectivity index (χ0v) is 16.4. The molecule has 1 atom stereocenters. The summed E-state index contributed by atoms with van der Waals surface area (Å²) in [7, 11) is 2.16. The minimum absolute atomic E-state index is 0.114. The molecule has 7 heteroatoms. The van der Waals surface area contributed by atoms with E-state index in [-0.39, 0.29) is 17.4 Å². The van der Waals surface area contributed by atoms with Crippen molar-refractivity contribution in [2.75, 3.05) is 26.7 Å². The molecular formula is C21H27N5O2. The molecule has 1 aliphatic carbocycles. The first-order chi connectivity index (χ1) is 13.6. The van der Waals surface area contributed by atoms with Gasteiger partial charge in [0, 0.05) is 43.5 Å². The molecule has 0 aromatic carbocycles. The molecular weight excluding hydrogens is 354 g/mol. The van der Waals surface area contributed by atoms with E-state index >= 15 is 0 Å². The van der Waals surface area contributed by atoms with Crippen LogP contribution in [-0.2, 0) is 0 Å². The van der Waals surface area contributed by atoms with Crippen LogP contribution in [0.25, 0.3) is 0 Å². The predicted molar refractivity (Wildman–Crippen MR) is 103 cm³/mol. The van der Waals surface area contributed by atoms with Crippen LogP contribution in [0.2, 0.25) is 0 Å². The van der Waals surface area contributed by atoms with Crippen LogP contribution in [0, 0.1) is 5.41 Å². The van der Waals surface area contributed by atoms with Gasteiger partial charge in [-0.3, -0.25) is 14.7 Å². The first-order valence-electron chi connectivity index (χ1n) is 10.4. The summed E-state index contributed by atoms with van der Waals surface area (Å²) >= 11 is 0. The molecule has 0 radical (unpaired) electrons. The number of amides is 1. The van der Waals surface area contributed by atoms with Gasteiger partial charge in [-0.15, -0.1) is 0 Å². The van der Waals surface area contributed by atoms with E-state index in [1.165, 1.54) is 19.3 Å². The van der Waals surface area contributed by atoms with Crippen LogP contribution in [0.1, 0.15) is 72.6 Å². The quantitative estimate of drug-likeness (QED) is 0.813. The second-order valence-electron chi connectivity index (χ2n) is 8.78. The summed E-state index contributed by atoms with van der Waals surface area (Å²) in [4.78, 5) is 25.8. The Morgan fingerprint density at radius 2 is 1.96 bits per heavy atom. The lowest BCUT2D eigenvalue weighted by Crippen LogP contribution is -2.44. The molecule has 2 aromatic rings. The molecule has 5 rings (SSSR count). The molecule has 1 amide bonds. The van der Waals surface area contributed by atoms with Gasteiger partial charge in [-0.25, -0.2) is 0 Å². The van der Waals surface area contributed by atoms with E-state index in [9.17, 15) is 4.79 Å². The van der Waals surface area contributed by atoms with Crippen molar-refractivity contribution >= 4 is 5.91 Å². The third-order valence-corrected chi connectivity index (χ3v) is 6.99. The molecule has 3 aliphatic rings. The Morgan fingerprint density at radius 1 is 1.21 bits per heavy atom. The largest absolute Gasteiger partial charge is 0.339 e. The van der Waals surface area contributed by atoms with Crippen LogP contribution in [0.4, 0.5) is 0 Å². The lowest BCUT2D eigenvalue weighted by molar-refractivity contribution is 0.0593. The summed E-state index contributed by atoms with van der Waals surface area (Å²) in [6.45, 7) is 2.64. The number of hydrogen-bond acceptors (Lipinski definition) is 6. The highest BCUT2D eigenvalue weighted by Crippen LogP contribution is 2.48. The maximum atomic E-state index is 12.7. The number of rotatable bonds is 3. The Bertz CT molecular complexity index is 839. The van der Waals surface area contributed by atoms with E-state index in [1.807, 2.05) is 4.90 Å². The first kappa shape index (κ1) is 17.8. The van der Waals surface area contributed by atoms with Crippen molar-refractivity contribution in [2.24, 2.45) is 5.41 Å². The standard InChI is InChI=1S/C21H27N5O2/c1-25-14-21(13-17(25)18-23-19(28-24-18)15-3-2-4-15)7-11-26(12-8-21)20(27)16-5-9-22-10-6-16/h5-6,9-10,15,17H,2-4,7-8,11-14H2,1H3. The number of carbonyl (C=O) groups is 1. The highest BCUT2D eigenvalue weighted by molar-refractivity contribution is 5.94. The van der Waals surface area contributed by atoms with Gasteiger partial charge in [-0.2, -0.15) is 4.98 Å². The molecule has 3 fully saturated rings. The molecule has 2 aromatic heterocycles. The van der Waals surface area contributed by atoms with Crippen molar-refractivity contribution in [1.82, 2.24) is 24.9 Å². The molecule has 7 nitrogen and oxygen atoms in total. The summed E-state index contributed by atoms with van der Waals surface area (Å²) in [6.07, 6.45) is 10.1. The molecule has 0 bridgehead atoms. The summed E-state index contributed by atoms with van der Waals surface area (Å²) in [6, 6.07) is 3.81. The summed E-state index contributed by atoms with van der Waals surface area (Å²) in [5.41, 5.74) is 0.966. The fourth-order valence-corrected chi connectivity index (χ4v) is 4.99. The zero-order chi connectivity index (χ0) is 19.1. The van der Waals surface area contributed by atoms with Crippen molar-refractivity contribution in [3.05, 3.63) is 41.8 Å². The van der Waals surface area contributed by atoms with Gasteiger partial charge in [0.15, 0.2) is 5.82 Å². The van der Waals surface area contributed by atoms with E-state index in [4.69, 9.17) is 9.51 Å². The van der Waals surface area contributed by atoms with Crippen molar-refractivity contribution in [2.45, 2.75) is 50.5 Å². The van der Waals surface area contributed by atoms with Gasteiger partial charge >= 0.3 is 0 Å². The average molecular weight is 381 g/mol. The van der Waals surface area contributed by atoms with E-state index in [2.05, 4.69) is 22.1 Å². The van der Waals surface area contributed by atoms with Gasteiger partial charge in [0.25, 0.3) is 5.91 Å². The highest BCUT2D eigenvalue weighted by Gasteiger charge is 2.46. The third kappa shape index (κ3) is 3.11. The minimum Gasteiger partial charge on any atom is -0.339 e. The maximum absolute atomic E-state index is 12.7. The van der Waals surface area contributed by atoms with Crippen molar-refractivity contribution < 1.29 is 9.32 Å². The fraction of sp³-hybridized carbons (Fsp3) is 0.619. The smallest absolute Gasteiger partial charge is 0.253 e. The van der Waals surface area contributed by atoms with E-state index in [1.54, 1.807) is 24.5 Å². The van der Waals surface area contributed by atoms with Gasteiger partial charge in [-0.1, -0.05) is 11.6 Å². The summed E-state index contributed by atoms with van der Waals surface area (Å²) in [5.74, 6) is 2.26. The first-order valence-corrected chi connectivity index (χ1v) is 10.4. The van der Waals surface area contributed by atoms with Gasteiger partial charge in [0.1, 0.15) is 0 Å². The molecule has 1 unspecified atom stereocenters. The number of pyridine rings is 1. The summed E-state index contributed by atoms with van der Waals surface area (Å²) < 4.78 is 5.56.